The summed E-state index contributed by atoms with van der Waals surface area (Å²) in [5.74, 6) is 0. The first-order valence-electron chi connectivity index (χ1n) is 5.51. The summed E-state index contributed by atoms with van der Waals surface area (Å²) in [6, 6.07) is 0.144. The van der Waals surface area contributed by atoms with E-state index in [1.165, 1.54) is 0 Å². The van der Waals surface area contributed by atoms with Gasteiger partial charge >= 0.3 is 0 Å². The van der Waals surface area contributed by atoms with Gasteiger partial charge in [-0.2, -0.15) is 0 Å². The summed E-state index contributed by atoms with van der Waals surface area (Å²) >= 11 is 5.88. The third-order valence-corrected chi connectivity index (χ3v) is 3.23. The van der Waals surface area contributed by atoms with Gasteiger partial charge in [0.15, 0.2) is 12.5 Å². The van der Waals surface area contributed by atoms with Crippen molar-refractivity contribution >= 4 is 11.6 Å². The second kappa shape index (κ2) is 5.14. The van der Waals surface area contributed by atoms with Crippen LogP contribution >= 0.6 is 11.6 Å². The van der Waals surface area contributed by atoms with Gasteiger partial charge in [-0.15, -0.1) is 0 Å². The molecule has 2 aliphatic heterocycles. The predicted molar refractivity (Wildman–Crippen MR) is 60.6 cm³/mol. The number of halogens is 1. The van der Waals surface area contributed by atoms with E-state index in [0.29, 0.717) is 6.61 Å². The largest absolute Gasteiger partial charge is 0.349 e. The van der Waals surface area contributed by atoms with Crippen LogP contribution in [0.25, 0.3) is 0 Å². The summed E-state index contributed by atoms with van der Waals surface area (Å²) in [5, 5.41) is 6.14. The Hall–Kier alpha value is 0.0500. The van der Waals surface area contributed by atoms with Crippen LogP contribution in [0.15, 0.2) is 0 Å². The number of ether oxygens (including phenoxy) is 2. The molecule has 4 N–H and O–H groups in total. The van der Waals surface area contributed by atoms with Crippen LogP contribution in [-0.4, -0.2) is 55.4 Å². The van der Waals surface area contributed by atoms with E-state index < -0.39 is 0 Å². The number of nitrogens with one attached hydrogen (secondary N) is 2. The zero-order valence-corrected chi connectivity index (χ0v) is 10.3. The number of nitrogens with two attached hydrogens (primary N) is 1. The van der Waals surface area contributed by atoms with E-state index >= 15 is 0 Å². The Bertz CT molecular complexity index is 246. The minimum absolute atomic E-state index is 0.00600. The molecule has 2 saturated heterocycles. The average Bonchev–Trinajstić information content (AvgIpc) is 2.97. The Morgan fingerprint density at radius 1 is 1.62 bits per heavy atom. The standard InChI is InChI=1S/C9H19ClN4O2/c1-3-15-8-7(16-8)14(2)5-4-12-9(10)13-6(5)11/h5-9,12-13H,3-4,11H2,1-2H3. The average molecular weight is 251 g/mol. The highest BCUT2D eigenvalue weighted by atomic mass is 35.5. The highest BCUT2D eigenvalue weighted by Gasteiger charge is 2.47. The SMILES string of the molecule is CCOC1OC1N(C)C1CNC(Cl)NC1N. The summed E-state index contributed by atoms with van der Waals surface area (Å²) in [6.07, 6.45) is -0.275. The van der Waals surface area contributed by atoms with Crippen LogP contribution in [-0.2, 0) is 9.47 Å². The fourth-order valence-corrected chi connectivity index (χ4v) is 2.18. The van der Waals surface area contributed by atoms with Crippen molar-refractivity contribution in [1.82, 2.24) is 15.5 Å². The maximum atomic E-state index is 5.98. The molecule has 2 aliphatic rings. The summed E-state index contributed by atoms with van der Waals surface area (Å²) < 4.78 is 10.8. The third-order valence-electron chi connectivity index (χ3n) is 2.94. The van der Waals surface area contributed by atoms with E-state index in [1.807, 2.05) is 14.0 Å². The molecule has 0 aromatic rings. The molecule has 0 aromatic heterocycles. The van der Waals surface area contributed by atoms with Crippen molar-refractivity contribution in [1.29, 1.82) is 0 Å². The first-order valence-corrected chi connectivity index (χ1v) is 5.95. The smallest absolute Gasteiger partial charge is 0.199 e. The first-order chi connectivity index (χ1) is 7.63. The van der Waals surface area contributed by atoms with Crippen LogP contribution in [0.4, 0.5) is 0 Å². The molecule has 6 nitrogen and oxygen atoms in total. The van der Waals surface area contributed by atoms with Gasteiger partial charge in [0.05, 0.1) is 12.2 Å². The molecule has 0 amide bonds. The van der Waals surface area contributed by atoms with Crippen LogP contribution in [0.2, 0.25) is 0 Å². The molecular weight excluding hydrogens is 232 g/mol. The van der Waals surface area contributed by atoms with Gasteiger partial charge in [-0.3, -0.25) is 15.5 Å². The number of rotatable bonds is 4. The van der Waals surface area contributed by atoms with Crippen molar-refractivity contribution in [3.63, 3.8) is 0 Å². The molecule has 94 valence electrons. The van der Waals surface area contributed by atoms with Crippen LogP contribution in [0, 0.1) is 0 Å². The van der Waals surface area contributed by atoms with Crippen molar-refractivity contribution in [2.75, 3.05) is 20.2 Å². The van der Waals surface area contributed by atoms with E-state index in [4.69, 9.17) is 26.8 Å². The molecule has 0 spiro atoms. The third kappa shape index (κ3) is 2.65. The quantitative estimate of drug-likeness (QED) is 0.338. The van der Waals surface area contributed by atoms with Crippen molar-refractivity contribution < 1.29 is 9.47 Å². The van der Waals surface area contributed by atoms with Crippen molar-refractivity contribution in [2.45, 2.75) is 37.3 Å². The van der Waals surface area contributed by atoms with E-state index in [2.05, 4.69) is 15.5 Å². The zero-order valence-electron chi connectivity index (χ0n) is 9.52. The molecule has 2 heterocycles. The number of hydrogen-bond donors (Lipinski definition) is 3. The molecular formula is C9H19ClN4O2. The van der Waals surface area contributed by atoms with Crippen LogP contribution < -0.4 is 16.4 Å². The Labute approximate surface area is 100 Å². The predicted octanol–water partition coefficient (Wildman–Crippen LogP) is -0.994. The Morgan fingerprint density at radius 2 is 2.38 bits per heavy atom. The summed E-state index contributed by atoms with van der Waals surface area (Å²) in [6.45, 7) is 3.34. The van der Waals surface area contributed by atoms with Crippen molar-refractivity contribution in [3.05, 3.63) is 0 Å². The highest BCUT2D eigenvalue weighted by molar-refractivity contribution is 6.20. The number of hydrogen-bond acceptors (Lipinski definition) is 6. The zero-order chi connectivity index (χ0) is 11.7. The molecule has 0 radical (unpaired) electrons. The van der Waals surface area contributed by atoms with Crippen molar-refractivity contribution in [3.8, 4) is 0 Å². The summed E-state index contributed by atoms with van der Waals surface area (Å²) in [4.78, 5) is 2.08. The molecule has 5 unspecified atom stereocenters. The van der Waals surface area contributed by atoms with E-state index in [1.54, 1.807) is 0 Å². The van der Waals surface area contributed by atoms with Gasteiger partial charge < -0.3 is 15.2 Å². The molecule has 0 saturated carbocycles. The number of likely N-dealkylation sites (N-methyl/N-ethyl adjacent to an activating group) is 1. The maximum absolute atomic E-state index is 5.98. The molecule has 0 bridgehead atoms. The van der Waals surface area contributed by atoms with Gasteiger partial charge in [0.2, 0.25) is 0 Å². The lowest BCUT2D eigenvalue weighted by atomic mass is 10.1. The molecule has 5 atom stereocenters. The lowest BCUT2D eigenvalue weighted by Crippen LogP contribution is -2.67. The minimum Gasteiger partial charge on any atom is -0.349 e. The number of alkyl halides is 1. The van der Waals surface area contributed by atoms with Gasteiger partial charge in [0, 0.05) is 13.2 Å². The monoisotopic (exact) mass is 250 g/mol. The molecule has 16 heavy (non-hydrogen) atoms. The molecule has 0 aliphatic carbocycles. The van der Waals surface area contributed by atoms with E-state index in [0.717, 1.165) is 6.54 Å². The second-order valence-electron chi connectivity index (χ2n) is 4.05. The molecule has 7 heteroatoms. The summed E-state index contributed by atoms with van der Waals surface area (Å²) in [7, 11) is 1.98. The number of epoxide rings is 1. The van der Waals surface area contributed by atoms with Crippen LogP contribution in [0.1, 0.15) is 6.92 Å². The number of nitrogens with zero attached hydrogens (tertiary/aromatic N) is 1. The van der Waals surface area contributed by atoms with Gasteiger partial charge in [-0.25, -0.2) is 0 Å². The van der Waals surface area contributed by atoms with Gasteiger partial charge in [-0.05, 0) is 14.0 Å². The fourth-order valence-electron chi connectivity index (χ4n) is 1.94. The normalized spacial score (nSPS) is 43.7. The fraction of sp³-hybridized carbons (Fsp3) is 1.00. The second-order valence-corrected chi connectivity index (χ2v) is 4.48. The molecule has 2 fully saturated rings. The lowest BCUT2D eigenvalue weighted by Gasteiger charge is -2.38. The summed E-state index contributed by atoms with van der Waals surface area (Å²) in [5.41, 5.74) is 5.72. The van der Waals surface area contributed by atoms with Gasteiger partial charge in [0.25, 0.3) is 0 Å². The van der Waals surface area contributed by atoms with Crippen LogP contribution in [0.3, 0.4) is 0 Å². The Morgan fingerprint density at radius 3 is 3.00 bits per heavy atom. The van der Waals surface area contributed by atoms with Gasteiger partial charge in [-0.1, -0.05) is 11.6 Å². The lowest BCUT2D eigenvalue weighted by molar-refractivity contribution is 0.0590. The van der Waals surface area contributed by atoms with E-state index in [-0.39, 0.29) is 30.4 Å². The molecule has 2 rings (SSSR count). The molecule has 0 aromatic carbocycles. The Balaban J connectivity index is 1.83. The van der Waals surface area contributed by atoms with E-state index in [9.17, 15) is 0 Å². The first kappa shape index (κ1) is 12.5. The topological polar surface area (TPSA) is 75.1 Å². The van der Waals surface area contributed by atoms with Gasteiger partial charge in [0.1, 0.15) is 5.62 Å². The van der Waals surface area contributed by atoms with Crippen LogP contribution in [0.5, 0.6) is 0 Å². The maximum Gasteiger partial charge on any atom is 0.199 e. The Kier molecular flexibility index (Phi) is 4.01. The highest BCUT2D eigenvalue weighted by Crippen LogP contribution is 2.28. The van der Waals surface area contributed by atoms with Crippen molar-refractivity contribution in [2.24, 2.45) is 5.73 Å². The minimum atomic E-state index is -0.262.